The zero-order valence-corrected chi connectivity index (χ0v) is 12.8. The van der Waals surface area contributed by atoms with Crippen LogP contribution < -0.4 is 5.56 Å². The highest BCUT2D eigenvalue weighted by Gasteiger charge is 2.13. The molecule has 0 aliphatic carbocycles. The Balaban J connectivity index is 2.41. The molecule has 0 atom stereocenters. The molecule has 0 N–H and O–H groups in total. The maximum absolute atomic E-state index is 12.2. The second-order valence-corrected chi connectivity index (χ2v) is 5.88. The Morgan fingerprint density at radius 3 is 2.70 bits per heavy atom. The predicted octanol–water partition coefficient (Wildman–Crippen LogP) is 2.36. The van der Waals surface area contributed by atoms with Gasteiger partial charge in [0, 0.05) is 11.3 Å². The van der Waals surface area contributed by atoms with E-state index < -0.39 is 0 Å². The molecule has 0 aliphatic heterocycles. The Morgan fingerprint density at radius 2 is 2.15 bits per heavy atom. The number of hydrogen-bond donors (Lipinski definition) is 0. The summed E-state index contributed by atoms with van der Waals surface area (Å²) in [6, 6.07) is 1.96. The summed E-state index contributed by atoms with van der Waals surface area (Å²) in [5.41, 5.74) is 1.96. The van der Waals surface area contributed by atoms with Gasteiger partial charge in [-0.05, 0) is 19.4 Å². The molecule has 0 saturated heterocycles. The van der Waals surface area contributed by atoms with Crippen molar-refractivity contribution in [1.29, 1.82) is 5.26 Å². The van der Waals surface area contributed by atoms with Gasteiger partial charge in [-0.15, -0.1) is 11.3 Å². The number of thiazole rings is 1. The highest BCUT2D eigenvalue weighted by atomic mass is 32.1. The van der Waals surface area contributed by atoms with Gasteiger partial charge in [0.2, 0.25) is 0 Å². The Bertz CT molecular complexity index is 737. The molecular weight excluding hydrogens is 272 g/mol. The molecule has 0 bridgehead atoms. The van der Waals surface area contributed by atoms with Crippen LogP contribution >= 0.6 is 11.3 Å². The lowest BCUT2D eigenvalue weighted by atomic mass is 10.1. The van der Waals surface area contributed by atoms with E-state index in [1.54, 1.807) is 25.2 Å². The molecule has 5 nitrogen and oxygen atoms in total. The third-order valence-electron chi connectivity index (χ3n) is 3.12. The second kappa shape index (κ2) is 5.55. The number of nitriles is 1. The first-order valence-corrected chi connectivity index (χ1v) is 7.24. The molecule has 0 unspecified atom stereocenters. The molecule has 0 saturated carbocycles. The Kier molecular flexibility index (Phi) is 4.00. The minimum atomic E-state index is -0.352. The normalized spacial score (nSPS) is 10.8. The molecule has 0 aromatic carbocycles. The van der Waals surface area contributed by atoms with Crippen LogP contribution in [0.5, 0.6) is 0 Å². The first kappa shape index (κ1) is 14.4. The summed E-state index contributed by atoms with van der Waals surface area (Å²) in [5.74, 6) is 0.368. The maximum atomic E-state index is 12.2. The van der Waals surface area contributed by atoms with Gasteiger partial charge in [0.1, 0.15) is 11.6 Å². The molecular formula is C14H16N4OS. The van der Waals surface area contributed by atoms with Crippen LogP contribution in [0.1, 0.15) is 47.3 Å². The molecule has 2 aromatic heterocycles. The van der Waals surface area contributed by atoms with Crippen molar-refractivity contribution in [3.05, 3.63) is 43.3 Å². The molecule has 2 aromatic rings. The first-order valence-electron chi connectivity index (χ1n) is 6.36. The topological polar surface area (TPSA) is 71.6 Å². The van der Waals surface area contributed by atoms with E-state index in [9.17, 15) is 4.79 Å². The molecule has 6 heteroatoms. The van der Waals surface area contributed by atoms with Gasteiger partial charge in [0.25, 0.3) is 5.56 Å². The number of rotatable bonds is 3. The summed E-state index contributed by atoms with van der Waals surface area (Å²) >= 11 is 1.58. The van der Waals surface area contributed by atoms with Crippen LogP contribution in [0.4, 0.5) is 0 Å². The smallest absolute Gasteiger partial charge is 0.266 e. The Morgan fingerprint density at radius 1 is 1.45 bits per heavy atom. The average molecular weight is 288 g/mol. The minimum absolute atomic E-state index is 0.164. The number of aryl methyl sites for hydroxylation is 1. The van der Waals surface area contributed by atoms with Crippen LogP contribution in [-0.2, 0) is 6.54 Å². The summed E-state index contributed by atoms with van der Waals surface area (Å²) in [6.07, 6.45) is 0. The summed E-state index contributed by atoms with van der Waals surface area (Å²) in [6.45, 7) is 8.00. The van der Waals surface area contributed by atoms with Crippen LogP contribution in [-0.4, -0.2) is 14.8 Å². The summed E-state index contributed by atoms with van der Waals surface area (Å²) in [5, 5.41) is 16.3. The number of hydrogen-bond acceptors (Lipinski definition) is 5. The lowest BCUT2D eigenvalue weighted by molar-refractivity contribution is 0.612. The van der Waals surface area contributed by atoms with Crippen molar-refractivity contribution in [2.45, 2.75) is 40.2 Å². The fourth-order valence-corrected chi connectivity index (χ4v) is 2.65. The molecule has 2 rings (SSSR count). The van der Waals surface area contributed by atoms with E-state index in [0.717, 1.165) is 10.7 Å². The average Bonchev–Trinajstić information content (AvgIpc) is 2.85. The minimum Gasteiger partial charge on any atom is -0.266 e. The van der Waals surface area contributed by atoms with Crippen molar-refractivity contribution in [2.24, 2.45) is 0 Å². The number of aromatic nitrogens is 3. The lowest BCUT2D eigenvalue weighted by Gasteiger charge is -2.07. The zero-order valence-electron chi connectivity index (χ0n) is 12.0. The molecule has 2 heterocycles. The third kappa shape index (κ3) is 2.63. The van der Waals surface area contributed by atoms with Gasteiger partial charge < -0.3 is 0 Å². The van der Waals surface area contributed by atoms with Gasteiger partial charge in [0.15, 0.2) is 0 Å². The van der Waals surface area contributed by atoms with E-state index in [1.165, 1.54) is 4.68 Å². The van der Waals surface area contributed by atoms with Crippen LogP contribution in [0.2, 0.25) is 0 Å². The highest BCUT2D eigenvalue weighted by Crippen LogP contribution is 2.19. The predicted molar refractivity (Wildman–Crippen MR) is 78.0 cm³/mol. The van der Waals surface area contributed by atoms with Crippen molar-refractivity contribution in [3.63, 3.8) is 0 Å². The van der Waals surface area contributed by atoms with Crippen molar-refractivity contribution >= 4 is 11.3 Å². The van der Waals surface area contributed by atoms with Gasteiger partial charge >= 0.3 is 0 Å². The van der Waals surface area contributed by atoms with E-state index in [-0.39, 0.29) is 11.1 Å². The Labute approximate surface area is 121 Å². The summed E-state index contributed by atoms with van der Waals surface area (Å²) in [4.78, 5) is 16.7. The largest absolute Gasteiger partial charge is 0.285 e. The zero-order chi connectivity index (χ0) is 14.9. The van der Waals surface area contributed by atoms with E-state index in [0.29, 0.717) is 23.7 Å². The van der Waals surface area contributed by atoms with Crippen molar-refractivity contribution < 1.29 is 0 Å². The van der Waals surface area contributed by atoms with Gasteiger partial charge in [0.05, 0.1) is 22.9 Å². The Hall–Kier alpha value is -2.00. The molecule has 0 fully saturated rings. The van der Waals surface area contributed by atoms with Gasteiger partial charge in [-0.2, -0.15) is 10.4 Å². The number of nitrogens with zero attached hydrogens (tertiary/aromatic N) is 4. The van der Waals surface area contributed by atoms with E-state index in [1.807, 2.05) is 11.4 Å². The molecule has 0 radical (unpaired) electrons. The summed E-state index contributed by atoms with van der Waals surface area (Å²) < 4.78 is 1.32. The first-order chi connectivity index (χ1) is 9.43. The third-order valence-corrected chi connectivity index (χ3v) is 4.32. The van der Waals surface area contributed by atoms with Crippen LogP contribution in [0.15, 0.2) is 10.2 Å². The standard InChI is InChI=1S/C14H16N4OS/c1-8(2)13-16-11(7-20-13)6-18-14(19)12(5-15)9(3)10(4)17-18/h7-8H,6H2,1-4H3. The van der Waals surface area contributed by atoms with E-state index >= 15 is 0 Å². The van der Waals surface area contributed by atoms with Crippen LogP contribution in [0.25, 0.3) is 0 Å². The van der Waals surface area contributed by atoms with E-state index in [2.05, 4.69) is 23.9 Å². The van der Waals surface area contributed by atoms with Crippen molar-refractivity contribution in [2.75, 3.05) is 0 Å². The SMILES string of the molecule is Cc1nn(Cc2csc(C(C)C)n2)c(=O)c(C#N)c1C. The van der Waals surface area contributed by atoms with Gasteiger partial charge in [-0.25, -0.2) is 9.67 Å². The fourth-order valence-electron chi connectivity index (χ4n) is 1.82. The fraction of sp³-hybridized carbons (Fsp3) is 0.429. The van der Waals surface area contributed by atoms with Gasteiger partial charge in [-0.3, -0.25) is 4.79 Å². The molecule has 0 aliphatic rings. The van der Waals surface area contributed by atoms with Crippen molar-refractivity contribution in [3.8, 4) is 6.07 Å². The molecule has 20 heavy (non-hydrogen) atoms. The van der Waals surface area contributed by atoms with Crippen LogP contribution in [0.3, 0.4) is 0 Å². The van der Waals surface area contributed by atoms with Crippen LogP contribution in [0, 0.1) is 25.2 Å². The highest BCUT2D eigenvalue weighted by molar-refractivity contribution is 7.09. The lowest BCUT2D eigenvalue weighted by Crippen LogP contribution is -2.28. The second-order valence-electron chi connectivity index (χ2n) is 4.99. The monoisotopic (exact) mass is 288 g/mol. The van der Waals surface area contributed by atoms with Gasteiger partial charge in [-0.1, -0.05) is 13.8 Å². The quantitative estimate of drug-likeness (QED) is 0.869. The summed E-state index contributed by atoms with van der Waals surface area (Å²) in [7, 11) is 0. The molecule has 0 spiro atoms. The van der Waals surface area contributed by atoms with Crippen molar-refractivity contribution in [1.82, 2.24) is 14.8 Å². The molecule has 104 valence electrons. The van der Waals surface area contributed by atoms with E-state index in [4.69, 9.17) is 5.26 Å². The molecule has 0 amide bonds. The maximum Gasteiger partial charge on any atom is 0.285 e.